The van der Waals surface area contributed by atoms with Crippen LogP contribution < -0.4 is 15.1 Å². The first-order valence-corrected chi connectivity index (χ1v) is 15.7. The number of nitrogens with zero attached hydrogens (tertiary/aromatic N) is 3. The first kappa shape index (κ1) is 27.9. The predicted molar refractivity (Wildman–Crippen MR) is 152 cm³/mol. The van der Waals surface area contributed by atoms with Crippen molar-refractivity contribution < 1.29 is 23.1 Å². The smallest absolute Gasteiger partial charge is 0.258 e. The number of benzene rings is 1. The highest BCUT2D eigenvalue weighted by atomic mass is 32.2. The van der Waals surface area contributed by atoms with E-state index in [1.807, 2.05) is 26.0 Å². The third-order valence-electron chi connectivity index (χ3n) is 8.53. The van der Waals surface area contributed by atoms with Gasteiger partial charge in [0.25, 0.3) is 5.91 Å². The number of carbonyl (C=O) groups excluding carboxylic acids is 1. The van der Waals surface area contributed by atoms with Crippen LogP contribution in [0.2, 0.25) is 0 Å². The number of amides is 1. The third kappa shape index (κ3) is 6.39. The minimum atomic E-state index is -3.63. The molecule has 2 saturated heterocycles. The summed E-state index contributed by atoms with van der Waals surface area (Å²) in [6.45, 7) is 7.41. The number of carbonyl (C=O) groups is 1. The van der Waals surface area contributed by atoms with Crippen molar-refractivity contribution in [3.63, 3.8) is 0 Å². The molecule has 2 atom stereocenters. The normalized spacial score (nSPS) is 21.6. The van der Waals surface area contributed by atoms with Gasteiger partial charge in [-0.2, -0.15) is 0 Å². The van der Waals surface area contributed by atoms with Crippen molar-refractivity contribution in [2.24, 2.45) is 11.3 Å². The van der Waals surface area contributed by atoms with Gasteiger partial charge in [-0.1, -0.05) is 19.4 Å². The maximum absolute atomic E-state index is 13.6. The zero-order valence-electron chi connectivity index (χ0n) is 22.9. The van der Waals surface area contributed by atoms with Crippen molar-refractivity contribution >= 4 is 33.1 Å². The van der Waals surface area contributed by atoms with E-state index in [0.29, 0.717) is 35.5 Å². The van der Waals surface area contributed by atoms with Crippen LogP contribution >= 0.6 is 0 Å². The van der Waals surface area contributed by atoms with Gasteiger partial charge in [-0.25, -0.2) is 13.4 Å². The maximum atomic E-state index is 13.6. The quantitative estimate of drug-likeness (QED) is 0.481. The first-order valence-electron chi connectivity index (χ1n) is 14.1. The number of aliphatic hydroxyl groups is 1. The predicted octanol–water partition coefficient (Wildman–Crippen LogP) is 3.73. The number of aromatic nitrogens is 1. The average molecular weight is 557 g/mol. The summed E-state index contributed by atoms with van der Waals surface area (Å²) in [5.74, 6) is 0.472. The number of sulfone groups is 1. The molecule has 3 fully saturated rings. The Morgan fingerprint density at radius 3 is 2.59 bits per heavy atom. The molecule has 1 spiro atoms. The molecule has 1 saturated carbocycles. The second kappa shape index (κ2) is 11.4. The van der Waals surface area contributed by atoms with Crippen molar-refractivity contribution in [1.82, 2.24) is 4.98 Å². The largest absolute Gasteiger partial charge is 0.396 e. The van der Waals surface area contributed by atoms with Crippen LogP contribution in [0.15, 0.2) is 41.3 Å². The van der Waals surface area contributed by atoms with E-state index in [0.717, 1.165) is 44.8 Å². The molecule has 9 nitrogen and oxygen atoms in total. The van der Waals surface area contributed by atoms with Crippen LogP contribution in [0.25, 0.3) is 0 Å². The van der Waals surface area contributed by atoms with E-state index in [9.17, 15) is 18.3 Å². The van der Waals surface area contributed by atoms with E-state index in [-0.39, 0.29) is 35.2 Å². The Bertz CT molecular complexity index is 1280. The summed E-state index contributed by atoms with van der Waals surface area (Å²) >= 11 is 0. The topological polar surface area (TPSA) is 112 Å². The van der Waals surface area contributed by atoms with Crippen LogP contribution in [0.4, 0.5) is 17.3 Å². The highest BCUT2D eigenvalue weighted by Gasteiger charge is 2.44. The molecule has 1 aliphatic carbocycles. The Morgan fingerprint density at radius 2 is 1.92 bits per heavy atom. The number of anilines is 3. The van der Waals surface area contributed by atoms with Gasteiger partial charge in [0.15, 0.2) is 9.84 Å². The van der Waals surface area contributed by atoms with Gasteiger partial charge in [-0.05, 0) is 74.3 Å². The highest BCUT2D eigenvalue weighted by molar-refractivity contribution is 7.91. The summed E-state index contributed by atoms with van der Waals surface area (Å²) in [5.41, 5.74) is 1.51. The molecule has 1 aromatic carbocycles. The van der Waals surface area contributed by atoms with E-state index >= 15 is 0 Å². The molecule has 0 bridgehead atoms. The number of nitrogens with one attached hydrogen (secondary N) is 1. The number of morpholine rings is 1. The molecule has 2 aliphatic heterocycles. The molecule has 10 heteroatoms. The summed E-state index contributed by atoms with van der Waals surface area (Å²) in [6, 6.07) is 10.4. The lowest BCUT2D eigenvalue weighted by molar-refractivity contribution is 0.0529. The molecule has 2 N–H and O–H groups in total. The number of aliphatic hydroxyl groups excluding tert-OH is 1. The minimum absolute atomic E-state index is 0.112. The van der Waals surface area contributed by atoms with Crippen LogP contribution in [0, 0.1) is 11.3 Å². The number of pyridine rings is 1. The standard InChI is InChI=1S/C29H40N4O5S/c1-3-22(19-34)20-39(36,37)23-7-8-24(25(17-23)32-13-11-29(9-10-29)12-14-32)28(35)31-26-5-4-6-27(30-26)33-15-16-38-21(2)18-33/h4-8,17,21-22,34H,3,9-16,18-20H2,1-2H3,(H,30,31,35)/t21-,22?/m1/s1. The molecular weight excluding hydrogens is 516 g/mol. The molecule has 2 aromatic rings. The van der Waals surface area contributed by atoms with E-state index in [4.69, 9.17) is 4.74 Å². The zero-order valence-corrected chi connectivity index (χ0v) is 23.8. The Morgan fingerprint density at radius 1 is 1.15 bits per heavy atom. The van der Waals surface area contributed by atoms with Crippen LogP contribution in [0.3, 0.4) is 0 Å². The number of ether oxygens (including phenoxy) is 1. The summed E-state index contributed by atoms with van der Waals surface area (Å²) in [4.78, 5) is 22.8. The lowest BCUT2D eigenvalue weighted by Gasteiger charge is -2.35. The molecule has 39 heavy (non-hydrogen) atoms. The molecule has 1 unspecified atom stereocenters. The van der Waals surface area contributed by atoms with E-state index < -0.39 is 9.84 Å². The van der Waals surface area contributed by atoms with Crippen molar-refractivity contribution in [2.75, 3.05) is 60.3 Å². The van der Waals surface area contributed by atoms with Crippen LogP contribution in [-0.2, 0) is 14.6 Å². The molecule has 3 heterocycles. The van der Waals surface area contributed by atoms with Crippen molar-refractivity contribution in [3.8, 4) is 0 Å². The van der Waals surface area contributed by atoms with Crippen molar-refractivity contribution in [3.05, 3.63) is 42.0 Å². The lowest BCUT2D eigenvalue weighted by Crippen LogP contribution is -2.41. The van der Waals surface area contributed by atoms with Gasteiger partial charge in [-0.15, -0.1) is 0 Å². The molecule has 212 valence electrons. The Balaban J connectivity index is 1.41. The Kier molecular flexibility index (Phi) is 8.16. The van der Waals surface area contributed by atoms with Crippen molar-refractivity contribution in [2.45, 2.75) is 57.0 Å². The highest BCUT2D eigenvalue weighted by Crippen LogP contribution is 2.54. The fraction of sp³-hybridized carbons (Fsp3) is 0.586. The lowest BCUT2D eigenvalue weighted by atomic mass is 9.93. The van der Waals surface area contributed by atoms with Gasteiger partial charge in [0.05, 0.1) is 34.6 Å². The van der Waals surface area contributed by atoms with Crippen LogP contribution in [-0.4, -0.2) is 75.7 Å². The molecule has 5 rings (SSSR count). The fourth-order valence-electron chi connectivity index (χ4n) is 5.64. The van der Waals surface area contributed by atoms with Gasteiger partial charge in [0.2, 0.25) is 0 Å². The maximum Gasteiger partial charge on any atom is 0.258 e. The van der Waals surface area contributed by atoms with Gasteiger partial charge in [0, 0.05) is 32.8 Å². The Labute approximate surface area is 231 Å². The first-order chi connectivity index (χ1) is 18.7. The second-order valence-electron chi connectivity index (χ2n) is 11.4. The second-order valence-corrected chi connectivity index (χ2v) is 13.4. The molecule has 1 amide bonds. The minimum Gasteiger partial charge on any atom is -0.396 e. The number of hydrogen-bond acceptors (Lipinski definition) is 8. The van der Waals surface area contributed by atoms with E-state index in [1.54, 1.807) is 18.2 Å². The molecule has 1 aromatic heterocycles. The summed E-state index contributed by atoms with van der Waals surface area (Å²) in [6.07, 6.45) is 5.30. The molecular formula is C29H40N4O5S. The SMILES string of the molecule is CCC(CO)CS(=O)(=O)c1ccc(C(=O)Nc2cccc(N3CCO[C@H](C)C3)n2)c(N2CCC3(CC2)CC3)c1. The summed E-state index contributed by atoms with van der Waals surface area (Å²) < 4.78 is 32.1. The van der Waals surface area contributed by atoms with Crippen LogP contribution in [0.5, 0.6) is 0 Å². The van der Waals surface area contributed by atoms with Gasteiger partial charge in [-0.3, -0.25) is 4.79 Å². The van der Waals surface area contributed by atoms with Crippen molar-refractivity contribution in [1.29, 1.82) is 0 Å². The fourth-order valence-corrected chi connectivity index (χ4v) is 7.36. The molecule has 3 aliphatic rings. The monoisotopic (exact) mass is 556 g/mol. The third-order valence-corrected chi connectivity index (χ3v) is 10.4. The van der Waals surface area contributed by atoms with Gasteiger partial charge < -0.3 is 25.0 Å². The molecule has 0 radical (unpaired) electrons. The van der Waals surface area contributed by atoms with Gasteiger partial charge in [0.1, 0.15) is 11.6 Å². The van der Waals surface area contributed by atoms with Gasteiger partial charge >= 0.3 is 0 Å². The number of rotatable bonds is 9. The van der Waals surface area contributed by atoms with E-state index in [1.165, 1.54) is 18.9 Å². The summed E-state index contributed by atoms with van der Waals surface area (Å²) in [7, 11) is -3.63. The van der Waals surface area contributed by atoms with E-state index in [2.05, 4.69) is 20.1 Å². The summed E-state index contributed by atoms with van der Waals surface area (Å²) in [5, 5.41) is 12.5. The number of hydrogen-bond donors (Lipinski definition) is 2. The van der Waals surface area contributed by atoms with Crippen LogP contribution in [0.1, 0.15) is 56.3 Å². The number of piperidine rings is 1. The average Bonchev–Trinajstić information content (AvgIpc) is 3.70. The Hall–Kier alpha value is -2.69. The zero-order chi connectivity index (χ0) is 27.6.